The predicted molar refractivity (Wildman–Crippen MR) is 183 cm³/mol. The van der Waals surface area contributed by atoms with Gasteiger partial charge in [0.25, 0.3) is 0 Å². The molecule has 2 N–H and O–H groups in total. The molecular weight excluding hydrogens is 632 g/mol. The van der Waals surface area contributed by atoms with Gasteiger partial charge in [-0.1, -0.05) is 76.9 Å². The van der Waals surface area contributed by atoms with E-state index in [2.05, 4.69) is 29.6 Å². The highest BCUT2D eigenvalue weighted by Gasteiger charge is 2.56. The zero-order valence-electron chi connectivity index (χ0n) is 29.1. The Labute approximate surface area is 289 Å². The lowest BCUT2D eigenvalue weighted by atomic mass is 9.85. The van der Waals surface area contributed by atoms with Crippen LogP contribution in [0.1, 0.15) is 105 Å². The maximum atomic E-state index is 14.6. The molecule has 1 aromatic carbocycles. The molecule has 3 amide bonds. The van der Waals surface area contributed by atoms with Crippen LogP contribution < -0.4 is 10.6 Å². The van der Waals surface area contributed by atoms with E-state index >= 15 is 0 Å². The normalized spacial score (nSPS) is 26.1. The minimum absolute atomic E-state index is 0.0618. The molecule has 0 bridgehead atoms. The number of amides is 3. The zero-order valence-corrected chi connectivity index (χ0v) is 29.9. The standard InChI is InChI=1S/C37H51ClN4O6/c1-7-9-27(31(44)30(43)15-22-12-13-22)39-34(46)29-19-37(18-28(41-48-37)23-10-8-11-25(38)16-23)20-42(29)35(47)32(36(4,5)6)40-33(45)26-17-24(26)14-21(2)3/h8,10-11,16,21-22,24,26-27,29,32H,7,9,12-15,17-20H2,1-6H3,(H,39,46)(H,40,45)/t24-,26-,27-,29-,32+,37+/m0/s1. The van der Waals surface area contributed by atoms with Gasteiger partial charge in [-0.25, -0.2) is 0 Å². The lowest BCUT2D eigenvalue weighted by Gasteiger charge is -2.35. The molecule has 5 rings (SSSR count). The van der Waals surface area contributed by atoms with Crippen molar-refractivity contribution in [2.24, 2.45) is 34.2 Å². The van der Waals surface area contributed by atoms with E-state index in [0.29, 0.717) is 41.8 Å². The van der Waals surface area contributed by atoms with E-state index in [9.17, 15) is 24.0 Å². The summed E-state index contributed by atoms with van der Waals surface area (Å²) in [4.78, 5) is 75.7. The average molecular weight is 683 g/mol. The summed E-state index contributed by atoms with van der Waals surface area (Å²) in [6.07, 6.45) is 5.20. The first-order valence-electron chi connectivity index (χ1n) is 17.6. The van der Waals surface area contributed by atoms with Crippen LogP contribution in [0.5, 0.6) is 0 Å². The van der Waals surface area contributed by atoms with Gasteiger partial charge < -0.3 is 20.4 Å². The smallest absolute Gasteiger partial charge is 0.246 e. The number of likely N-dealkylation sites (tertiary alicyclic amines) is 1. The molecule has 2 aliphatic carbocycles. The Morgan fingerprint density at radius 1 is 1.10 bits per heavy atom. The molecule has 2 aliphatic heterocycles. The summed E-state index contributed by atoms with van der Waals surface area (Å²) in [5.74, 6) is -1.21. The topological polar surface area (TPSA) is 134 Å². The molecule has 4 aliphatic rings. The molecule has 0 radical (unpaired) electrons. The molecular formula is C37H51ClN4O6. The minimum Gasteiger partial charge on any atom is -0.387 e. The van der Waals surface area contributed by atoms with Crippen LogP contribution in [0.15, 0.2) is 29.4 Å². The summed E-state index contributed by atoms with van der Waals surface area (Å²) >= 11 is 6.25. The summed E-state index contributed by atoms with van der Waals surface area (Å²) in [6.45, 7) is 11.9. The van der Waals surface area contributed by atoms with Gasteiger partial charge in [0.1, 0.15) is 12.1 Å². The van der Waals surface area contributed by atoms with E-state index in [0.717, 1.165) is 31.2 Å². The molecule has 262 valence electrons. The molecule has 1 saturated heterocycles. The SMILES string of the molecule is CCC[C@H](NC(=O)[C@@H]1C[C@]2(CC(c3cccc(Cl)c3)=NO2)CN1C(=O)[C@@H](NC(=O)[C@H]1C[C@@H]1CC(C)C)C(C)(C)C)C(=O)C(=O)CC1CC1. The largest absolute Gasteiger partial charge is 0.387 e. The minimum atomic E-state index is -1.01. The van der Waals surface area contributed by atoms with Crippen molar-refractivity contribution in [1.29, 1.82) is 0 Å². The zero-order chi connectivity index (χ0) is 35.0. The van der Waals surface area contributed by atoms with Gasteiger partial charge in [0.2, 0.25) is 29.3 Å². The third kappa shape index (κ3) is 8.47. The molecule has 11 heteroatoms. The van der Waals surface area contributed by atoms with E-state index in [4.69, 9.17) is 16.4 Å². The first-order valence-corrected chi connectivity index (χ1v) is 18.0. The lowest BCUT2D eigenvalue weighted by Crippen LogP contribution is -2.59. The Morgan fingerprint density at radius 2 is 1.83 bits per heavy atom. The van der Waals surface area contributed by atoms with E-state index in [1.54, 1.807) is 12.1 Å². The van der Waals surface area contributed by atoms with Crippen LogP contribution in [0.4, 0.5) is 0 Å². The fourth-order valence-electron chi connectivity index (χ4n) is 7.16. The summed E-state index contributed by atoms with van der Waals surface area (Å²) in [5, 5.41) is 10.8. The maximum Gasteiger partial charge on any atom is 0.246 e. The van der Waals surface area contributed by atoms with Gasteiger partial charge in [-0.05, 0) is 67.4 Å². The third-order valence-electron chi connectivity index (χ3n) is 10.1. The van der Waals surface area contributed by atoms with Crippen molar-refractivity contribution in [1.82, 2.24) is 15.5 Å². The van der Waals surface area contributed by atoms with Crippen molar-refractivity contribution in [3.8, 4) is 0 Å². The number of rotatable bonds is 14. The molecule has 6 atom stereocenters. The van der Waals surface area contributed by atoms with E-state index in [1.165, 1.54) is 4.90 Å². The monoisotopic (exact) mass is 682 g/mol. The van der Waals surface area contributed by atoms with Crippen molar-refractivity contribution in [2.75, 3.05) is 6.54 Å². The van der Waals surface area contributed by atoms with E-state index < -0.39 is 52.5 Å². The van der Waals surface area contributed by atoms with Crippen LogP contribution in [0.25, 0.3) is 0 Å². The number of carbonyl (C=O) groups is 5. The van der Waals surface area contributed by atoms with Crippen LogP contribution in [0, 0.1) is 29.1 Å². The van der Waals surface area contributed by atoms with Crippen LogP contribution in [0.2, 0.25) is 5.02 Å². The van der Waals surface area contributed by atoms with Crippen molar-refractivity contribution in [3.63, 3.8) is 0 Å². The van der Waals surface area contributed by atoms with Crippen LogP contribution in [0.3, 0.4) is 0 Å². The van der Waals surface area contributed by atoms with Crippen molar-refractivity contribution in [3.05, 3.63) is 34.9 Å². The van der Waals surface area contributed by atoms with Gasteiger partial charge in [0.05, 0.1) is 18.3 Å². The Kier molecular flexibility index (Phi) is 10.7. The van der Waals surface area contributed by atoms with Crippen LogP contribution in [-0.4, -0.2) is 70.2 Å². The average Bonchev–Trinajstić information content (AvgIpc) is 3.91. The van der Waals surface area contributed by atoms with E-state index in [1.807, 2.05) is 39.8 Å². The summed E-state index contributed by atoms with van der Waals surface area (Å²) in [7, 11) is 0. The highest BCUT2D eigenvalue weighted by atomic mass is 35.5. The Morgan fingerprint density at radius 3 is 2.46 bits per heavy atom. The Bertz CT molecular complexity index is 1470. The highest BCUT2D eigenvalue weighted by Crippen LogP contribution is 2.44. The number of Topliss-reactive ketones (excluding diaryl/α,β-unsaturated/α-hetero) is 2. The highest BCUT2D eigenvalue weighted by molar-refractivity contribution is 6.39. The molecule has 2 saturated carbocycles. The predicted octanol–water partition coefficient (Wildman–Crippen LogP) is 5.24. The van der Waals surface area contributed by atoms with Gasteiger partial charge in [-0.2, -0.15) is 0 Å². The Balaban J connectivity index is 1.38. The fraction of sp³-hybridized carbons (Fsp3) is 0.676. The number of oxime groups is 1. The van der Waals surface area contributed by atoms with Crippen molar-refractivity contribution in [2.45, 2.75) is 123 Å². The number of hydrogen-bond acceptors (Lipinski definition) is 7. The molecule has 10 nitrogen and oxygen atoms in total. The van der Waals surface area contributed by atoms with Crippen molar-refractivity contribution >= 4 is 46.6 Å². The molecule has 2 heterocycles. The maximum absolute atomic E-state index is 14.6. The number of nitrogens with one attached hydrogen (secondary N) is 2. The second-order valence-electron chi connectivity index (χ2n) is 16.0. The number of hydrogen-bond donors (Lipinski definition) is 2. The number of ketones is 2. The number of halogens is 1. The summed E-state index contributed by atoms with van der Waals surface area (Å²) < 4.78 is 0. The van der Waals surface area contributed by atoms with Gasteiger partial charge >= 0.3 is 0 Å². The second-order valence-corrected chi connectivity index (χ2v) is 16.4. The summed E-state index contributed by atoms with van der Waals surface area (Å²) in [6, 6.07) is 4.38. The second kappa shape index (κ2) is 14.3. The van der Waals surface area contributed by atoms with Crippen LogP contribution >= 0.6 is 11.6 Å². The first-order chi connectivity index (χ1) is 22.6. The molecule has 1 aromatic rings. The fourth-order valence-corrected chi connectivity index (χ4v) is 7.35. The van der Waals surface area contributed by atoms with Gasteiger partial charge in [0, 0.05) is 35.8 Å². The van der Waals surface area contributed by atoms with Gasteiger partial charge in [0.15, 0.2) is 5.60 Å². The third-order valence-corrected chi connectivity index (χ3v) is 10.3. The number of carbonyl (C=O) groups excluding carboxylic acids is 5. The summed E-state index contributed by atoms with van der Waals surface area (Å²) in [5.41, 5.74) is -0.220. The lowest BCUT2D eigenvalue weighted by molar-refractivity contribution is -0.145. The van der Waals surface area contributed by atoms with Gasteiger partial charge in [-0.3, -0.25) is 24.0 Å². The molecule has 1 spiro atoms. The quantitative estimate of drug-likeness (QED) is 0.258. The molecule has 48 heavy (non-hydrogen) atoms. The number of benzene rings is 1. The first kappa shape index (κ1) is 36.0. The van der Waals surface area contributed by atoms with Gasteiger partial charge in [-0.15, -0.1) is 0 Å². The molecule has 3 fully saturated rings. The molecule has 0 unspecified atom stereocenters. The Hall–Kier alpha value is -3.27. The number of nitrogens with zero attached hydrogens (tertiary/aromatic N) is 2. The molecule has 0 aromatic heterocycles. The van der Waals surface area contributed by atoms with Crippen molar-refractivity contribution < 1.29 is 28.8 Å². The van der Waals surface area contributed by atoms with E-state index in [-0.39, 0.29) is 37.1 Å². The van der Waals surface area contributed by atoms with Crippen LogP contribution in [-0.2, 0) is 28.8 Å².